The molecule has 1 aromatic heterocycles. The van der Waals surface area contributed by atoms with Gasteiger partial charge in [-0.3, -0.25) is 4.79 Å². The van der Waals surface area contributed by atoms with Crippen molar-refractivity contribution in [2.24, 2.45) is 5.41 Å². The molecule has 0 atom stereocenters. The summed E-state index contributed by atoms with van der Waals surface area (Å²) in [4.78, 5) is 11.5. The topological polar surface area (TPSA) is 42.2 Å². The predicted octanol–water partition coefficient (Wildman–Crippen LogP) is 2.20. The van der Waals surface area contributed by atoms with Crippen LogP contribution in [0.15, 0.2) is 22.8 Å². The van der Waals surface area contributed by atoms with Crippen LogP contribution in [0.3, 0.4) is 0 Å². The number of hydrogen-bond acceptors (Lipinski definition) is 2. The van der Waals surface area contributed by atoms with Gasteiger partial charge < -0.3 is 9.73 Å². The SMILES string of the molecule is CCC1(CNC(=O)c2ccco2)CC1. The fourth-order valence-corrected chi connectivity index (χ4v) is 1.59. The second-order valence-electron chi connectivity index (χ2n) is 4.01. The standard InChI is InChI=1S/C11H15NO2/c1-2-11(5-6-11)8-12-10(13)9-4-3-7-14-9/h3-4,7H,2,5-6,8H2,1H3,(H,12,13). The lowest BCUT2D eigenvalue weighted by atomic mass is 10.0. The van der Waals surface area contributed by atoms with Crippen molar-refractivity contribution in [2.75, 3.05) is 6.54 Å². The van der Waals surface area contributed by atoms with Crippen molar-refractivity contribution < 1.29 is 9.21 Å². The molecule has 3 heteroatoms. The third-order valence-corrected chi connectivity index (χ3v) is 3.08. The van der Waals surface area contributed by atoms with Gasteiger partial charge in [-0.2, -0.15) is 0 Å². The average molecular weight is 193 g/mol. The molecule has 1 fully saturated rings. The minimum atomic E-state index is -0.102. The lowest BCUT2D eigenvalue weighted by Gasteiger charge is -2.12. The van der Waals surface area contributed by atoms with E-state index in [1.54, 1.807) is 12.1 Å². The van der Waals surface area contributed by atoms with Crippen LogP contribution >= 0.6 is 0 Å². The van der Waals surface area contributed by atoms with Crippen molar-refractivity contribution in [1.82, 2.24) is 5.32 Å². The van der Waals surface area contributed by atoms with Crippen molar-refractivity contribution in [3.63, 3.8) is 0 Å². The lowest BCUT2D eigenvalue weighted by molar-refractivity contribution is 0.0916. The Balaban J connectivity index is 1.84. The minimum absolute atomic E-state index is 0.102. The second kappa shape index (κ2) is 3.48. The third kappa shape index (κ3) is 1.81. The zero-order chi connectivity index (χ0) is 10.0. The Morgan fingerprint density at radius 1 is 1.64 bits per heavy atom. The zero-order valence-corrected chi connectivity index (χ0v) is 8.38. The van der Waals surface area contributed by atoms with E-state index in [1.807, 2.05) is 0 Å². The molecule has 2 rings (SSSR count). The van der Waals surface area contributed by atoms with Gasteiger partial charge in [-0.25, -0.2) is 0 Å². The molecule has 0 saturated heterocycles. The Morgan fingerprint density at radius 2 is 2.43 bits per heavy atom. The molecule has 76 valence electrons. The Labute approximate surface area is 83.5 Å². The smallest absolute Gasteiger partial charge is 0.286 e. The summed E-state index contributed by atoms with van der Waals surface area (Å²) in [6, 6.07) is 3.41. The van der Waals surface area contributed by atoms with E-state index in [0.29, 0.717) is 11.2 Å². The predicted molar refractivity (Wildman–Crippen MR) is 53.0 cm³/mol. The lowest BCUT2D eigenvalue weighted by Crippen LogP contribution is -2.29. The maximum Gasteiger partial charge on any atom is 0.286 e. The van der Waals surface area contributed by atoms with Crippen LogP contribution in [-0.4, -0.2) is 12.5 Å². The number of carbonyl (C=O) groups is 1. The van der Waals surface area contributed by atoms with Gasteiger partial charge in [0.1, 0.15) is 0 Å². The van der Waals surface area contributed by atoms with Gasteiger partial charge in [0.25, 0.3) is 5.91 Å². The number of nitrogens with one attached hydrogen (secondary N) is 1. The Kier molecular flexibility index (Phi) is 2.32. The van der Waals surface area contributed by atoms with Gasteiger partial charge in [-0.15, -0.1) is 0 Å². The number of rotatable bonds is 4. The summed E-state index contributed by atoms with van der Waals surface area (Å²) in [5.41, 5.74) is 0.391. The van der Waals surface area contributed by atoms with Gasteiger partial charge in [0, 0.05) is 6.54 Å². The number of hydrogen-bond donors (Lipinski definition) is 1. The molecule has 1 saturated carbocycles. The fraction of sp³-hybridized carbons (Fsp3) is 0.545. The quantitative estimate of drug-likeness (QED) is 0.796. The molecule has 3 nitrogen and oxygen atoms in total. The van der Waals surface area contributed by atoms with Crippen molar-refractivity contribution in [1.29, 1.82) is 0 Å². The van der Waals surface area contributed by atoms with Gasteiger partial charge in [-0.1, -0.05) is 6.92 Å². The molecule has 0 radical (unpaired) electrons. The number of amides is 1. The molecule has 0 aromatic carbocycles. The highest BCUT2D eigenvalue weighted by Crippen LogP contribution is 2.47. The number of carbonyl (C=O) groups excluding carboxylic acids is 1. The molecular formula is C11H15NO2. The summed E-state index contributed by atoms with van der Waals surface area (Å²) in [6.07, 6.45) is 5.14. The van der Waals surface area contributed by atoms with E-state index >= 15 is 0 Å². The summed E-state index contributed by atoms with van der Waals surface area (Å²) < 4.78 is 5.00. The maximum atomic E-state index is 11.5. The molecule has 0 bridgehead atoms. The van der Waals surface area contributed by atoms with E-state index in [4.69, 9.17) is 4.42 Å². The normalized spacial score (nSPS) is 17.8. The summed E-state index contributed by atoms with van der Waals surface area (Å²) in [5.74, 6) is 0.298. The van der Waals surface area contributed by atoms with Gasteiger partial charge in [0.05, 0.1) is 6.26 Å². The van der Waals surface area contributed by atoms with Gasteiger partial charge in [0.15, 0.2) is 5.76 Å². The first-order valence-electron chi connectivity index (χ1n) is 5.07. The van der Waals surface area contributed by atoms with Gasteiger partial charge in [-0.05, 0) is 36.8 Å². The summed E-state index contributed by atoms with van der Waals surface area (Å²) in [7, 11) is 0. The second-order valence-corrected chi connectivity index (χ2v) is 4.01. The van der Waals surface area contributed by atoms with Crippen LogP contribution < -0.4 is 5.32 Å². The molecule has 1 aromatic rings. The van der Waals surface area contributed by atoms with Crippen molar-refractivity contribution in [3.8, 4) is 0 Å². The first kappa shape index (κ1) is 9.31. The molecular weight excluding hydrogens is 178 g/mol. The minimum Gasteiger partial charge on any atom is -0.459 e. The monoisotopic (exact) mass is 193 g/mol. The molecule has 1 aliphatic carbocycles. The van der Waals surface area contributed by atoms with E-state index in [-0.39, 0.29) is 5.91 Å². The van der Waals surface area contributed by atoms with E-state index in [1.165, 1.54) is 19.1 Å². The van der Waals surface area contributed by atoms with Crippen molar-refractivity contribution in [3.05, 3.63) is 24.2 Å². The van der Waals surface area contributed by atoms with Crippen LogP contribution in [0.5, 0.6) is 0 Å². The van der Waals surface area contributed by atoms with Crippen LogP contribution in [0, 0.1) is 5.41 Å². The van der Waals surface area contributed by atoms with E-state index in [2.05, 4.69) is 12.2 Å². The summed E-state index contributed by atoms with van der Waals surface area (Å²) >= 11 is 0. The molecule has 0 unspecified atom stereocenters. The van der Waals surface area contributed by atoms with Crippen LogP contribution in [0.4, 0.5) is 0 Å². The van der Waals surface area contributed by atoms with Crippen LogP contribution in [0.1, 0.15) is 36.7 Å². The van der Waals surface area contributed by atoms with E-state index in [0.717, 1.165) is 13.0 Å². The molecule has 14 heavy (non-hydrogen) atoms. The highest BCUT2D eigenvalue weighted by molar-refractivity contribution is 5.91. The fourth-order valence-electron chi connectivity index (χ4n) is 1.59. The highest BCUT2D eigenvalue weighted by Gasteiger charge is 2.40. The third-order valence-electron chi connectivity index (χ3n) is 3.08. The summed E-state index contributed by atoms with van der Waals surface area (Å²) in [6.45, 7) is 2.95. The summed E-state index contributed by atoms with van der Waals surface area (Å²) in [5, 5.41) is 2.91. The highest BCUT2D eigenvalue weighted by atomic mass is 16.3. The first-order valence-corrected chi connectivity index (χ1v) is 5.07. The molecule has 0 aliphatic heterocycles. The van der Waals surface area contributed by atoms with Crippen LogP contribution in [0.2, 0.25) is 0 Å². The largest absolute Gasteiger partial charge is 0.459 e. The number of furan rings is 1. The van der Waals surface area contributed by atoms with Crippen molar-refractivity contribution >= 4 is 5.91 Å². The molecule has 1 N–H and O–H groups in total. The molecule has 0 spiro atoms. The molecule has 1 heterocycles. The average Bonchev–Trinajstić information content (AvgIpc) is 2.78. The van der Waals surface area contributed by atoms with Crippen LogP contribution in [-0.2, 0) is 0 Å². The van der Waals surface area contributed by atoms with E-state index in [9.17, 15) is 4.79 Å². The maximum absolute atomic E-state index is 11.5. The Bertz CT molecular complexity index is 312. The van der Waals surface area contributed by atoms with Gasteiger partial charge >= 0.3 is 0 Å². The van der Waals surface area contributed by atoms with Crippen molar-refractivity contribution in [2.45, 2.75) is 26.2 Å². The van der Waals surface area contributed by atoms with E-state index < -0.39 is 0 Å². The Hall–Kier alpha value is -1.25. The molecule has 1 aliphatic rings. The molecule has 1 amide bonds. The zero-order valence-electron chi connectivity index (χ0n) is 8.38. The van der Waals surface area contributed by atoms with Crippen LogP contribution in [0.25, 0.3) is 0 Å². The first-order chi connectivity index (χ1) is 6.76. The Morgan fingerprint density at radius 3 is 2.93 bits per heavy atom. The van der Waals surface area contributed by atoms with Gasteiger partial charge in [0.2, 0.25) is 0 Å².